The molecule has 8 heteroatoms. The molecule has 1 N–H and O–H groups in total. The number of hydrogen-bond donors (Lipinski definition) is 1. The number of benzene rings is 2. The first-order chi connectivity index (χ1) is 15.2. The third-order valence-corrected chi connectivity index (χ3v) is 5.57. The zero-order chi connectivity index (χ0) is 23.0. The topological polar surface area (TPSA) is 96.0 Å². The van der Waals surface area contributed by atoms with E-state index < -0.39 is 29.7 Å². The highest BCUT2D eigenvalue weighted by atomic mass is 16.5. The highest BCUT2D eigenvalue weighted by Gasteiger charge is 2.38. The van der Waals surface area contributed by atoms with Gasteiger partial charge in [0.15, 0.2) is 0 Å². The van der Waals surface area contributed by atoms with Crippen molar-refractivity contribution >= 4 is 35.0 Å². The Hall–Kier alpha value is -3.68. The van der Waals surface area contributed by atoms with Gasteiger partial charge in [-0.05, 0) is 44.5 Å². The number of carbonyl (C=O) groups excluding carboxylic acids is 4. The van der Waals surface area contributed by atoms with Crippen LogP contribution in [0.4, 0.5) is 11.4 Å². The summed E-state index contributed by atoms with van der Waals surface area (Å²) in [4.78, 5) is 53.2. The number of rotatable bonds is 5. The van der Waals surface area contributed by atoms with Crippen LogP contribution in [-0.4, -0.2) is 48.2 Å². The lowest BCUT2D eigenvalue weighted by atomic mass is 9.93. The summed E-state index contributed by atoms with van der Waals surface area (Å²) in [5.41, 5.74) is 1.03. The minimum atomic E-state index is -0.677. The van der Waals surface area contributed by atoms with Crippen LogP contribution in [-0.2, 0) is 9.59 Å². The van der Waals surface area contributed by atoms with Gasteiger partial charge in [-0.1, -0.05) is 19.1 Å². The summed E-state index contributed by atoms with van der Waals surface area (Å²) < 4.78 is 5.91. The Bertz CT molecular complexity index is 1090. The molecule has 4 amide bonds. The van der Waals surface area contributed by atoms with Crippen molar-refractivity contribution < 1.29 is 23.9 Å². The Kier molecular flexibility index (Phi) is 5.46. The van der Waals surface area contributed by atoms with Crippen molar-refractivity contribution in [1.82, 2.24) is 4.90 Å². The van der Waals surface area contributed by atoms with Crippen LogP contribution in [0.1, 0.15) is 47.9 Å². The van der Waals surface area contributed by atoms with Crippen LogP contribution in [0.15, 0.2) is 42.5 Å². The third kappa shape index (κ3) is 3.72. The largest absolute Gasteiger partial charge is 0.490 e. The zero-order valence-corrected chi connectivity index (χ0v) is 18.3. The molecule has 4 rings (SSSR count). The Morgan fingerprint density at radius 3 is 2.31 bits per heavy atom. The highest BCUT2D eigenvalue weighted by molar-refractivity contribution is 6.22. The van der Waals surface area contributed by atoms with Crippen molar-refractivity contribution in [2.45, 2.75) is 27.2 Å². The van der Waals surface area contributed by atoms with E-state index in [-0.39, 0.29) is 12.5 Å². The summed E-state index contributed by atoms with van der Waals surface area (Å²) in [5, 5.41) is 2.72. The number of carbonyl (C=O) groups is 4. The van der Waals surface area contributed by atoms with Crippen LogP contribution >= 0.6 is 0 Å². The van der Waals surface area contributed by atoms with E-state index in [0.29, 0.717) is 34.8 Å². The van der Waals surface area contributed by atoms with E-state index in [1.165, 1.54) is 0 Å². The van der Waals surface area contributed by atoms with Gasteiger partial charge >= 0.3 is 0 Å². The van der Waals surface area contributed by atoms with Crippen LogP contribution < -0.4 is 15.0 Å². The maximum absolute atomic E-state index is 12.9. The lowest BCUT2D eigenvalue weighted by Crippen LogP contribution is -2.42. The Morgan fingerprint density at radius 1 is 1.03 bits per heavy atom. The van der Waals surface area contributed by atoms with Crippen molar-refractivity contribution in [3.63, 3.8) is 0 Å². The lowest BCUT2D eigenvalue weighted by molar-refractivity contribution is -0.127. The molecular weight excluding hydrogens is 410 g/mol. The fourth-order valence-corrected chi connectivity index (χ4v) is 3.90. The SMILES string of the molecule is CCCN1C(=O)C(C)(C)COc2cc(NC(=O)CN3C(=O)c4ccccc4C3=O)ccc21. The monoisotopic (exact) mass is 435 g/mol. The molecular formula is C24H25N3O5. The number of hydrogen-bond acceptors (Lipinski definition) is 5. The number of fused-ring (bicyclic) bond motifs is 2. The fourth-order valence-electron chi connectivity index (χ4n) is 3.90. The molecule has 0 aliphatic carbocycles. The zero-order valence-electron chi connectivity index (χ0n) is 18.3. The number of ether oxygens (including phenoxy) is 1. The van der Waals surface area contributed by atoms with Crippen LogP contribution in [0.25, 0.3) is 0 Å². The average Bonchev–Trinajstić information content (AvgIpc) is 2.95. The van der Waals surface area contributed by atoms with Gasteiger partial charge in [-0.3, -0.25) is 24.1 Å². The van der Waals surface area contributed by atoms with Gasteiger partial charge in [0.05, 0.1) is 22.2 Å². The van der Waals surface area contributed by atoms with Crippen LogP contribution in [0.2, 0.25) is 0 Å². The van der Waals surface area contributed by atoms with E-state index in [2.05, 4.69) is 5.32 Å². The van der Waals surface area contributed by atoms with Gasteiger partial charge in [0, 0.05) is 18.3 Å². The second-order valence-electron chi connectivity index (χ2n) is 8.60. The molecule has 0 fully saturated rings. The molecule has 0 aromatic heterocycles. The number of nitrogens with one attached hydrogen (secondary N) is 1. The summed E-state index contributed by atoms with van der Waals surface area (Å²) in [5.74, 6) is -0.991. The van der Waals surface area contributed by atoms with E-state index in [9.17, 15) is 19.2 Å². The van der Waals surface area contributed by atoms with Crippen molar-refractivity contribution in [2.75, 3.05) is 29.9 Å². The molecule has 0 spiro atoms. The van der Waals surface area contributed by atoms with Crippen molar-refractivity contribution in [3.05, 3.63) is 53.6 Å². The van der Waals surface area contributed by atoms with E-state index in [1.807, 2.05) is 20.8 Å². The van der Waals surface area contributed by atoms with E-state index in [0.717, 1.165) is 11.3 Å². The van der Waals surface area contributed by atoms with Crippen LogP contribution in [0.3, 0.4) is 0 Å². The molecule has 0 unspecified atom stereocenters. The molecule has 166 valence electrons. The molecule has 0 radical (unpaired) electrons. The van der Waals surface area contributed by atoms with E-state index in [1.54, 1.807) is 47.4 Å². The molecule has 2 aliphatic rings. The normalized spacial score (nSPS) is 16.9. The maximum atomic E-state index is 12.9. The predicted octanol–water partition coefficient (Wildman–Crippen LogP) is 3.08. The summed E-state index contributed by atoms with van der Waals surface area (Å²) in [6, 6.07) is 11.6. The van der Waals surface area contributed by atoms with Crippen LogP contribution in [0.5, 0.6) is 5.75 Å². The second-order valence-corrected chi connectivity index (χ2v) is 8.60. The Morgan fingerprint density at radius 2 is 1.69 bits per heavy atom. The van der Waals surface area contributed by atoms with Gasteiger partial charge in [-0.25, -0.2) is 0 Å². The molecule has 32 heavy (non-hydrogen) atoms. The van der Waals surface area contributed by atoms with Gasteiger partial charge in [-0.15, -0.1) is 0 Å². The van der Waals surface area contributed by atoms with Crippen molar-refractivity contribution in [1.29, 1.82) is 0 Å². The molecule has 2 aromatic carbocycles. The summed E-state index contributed by atoms with van der Waals surface area (Å²) in [7, 11) is 0. The Labute approximate surface area is 186 Å². The van der Waals surface area contributed by atoms with Gasteiger partial charge in [0.25, 0.3) is 11.8 Å². The minimum absolute atomic E-state index is 0.0134. The van der Waals surface area contributed by atoms with Crippen LogP contribution in [0, 0.1) is 5.41 Å². The number of nitrogens with zero attached hydrogens (tertiary/aromatic N) is 2. The average molecular weight is 435 g/mol. The quantitative estimate of drug-likeness (QED) is 0.728. The van der Waals surface area contributed by atoms with Gasteiger partial charge < -0.3 is 15.0 Å². The van der Waals surface area contributed by atoms with Gasteiger partial charge in [0.2, 0.25) is 11.8 Å². The van der Waals surface area contributed by atoms with E-state index >= 15 is 0 Å². The first-order valence-corrected chi connectivity index (χ1v) is 10.6. The minimum Gasteiger partial charge on any atom is -0.490 e. The molecule has 2 heterocycles. The molecule has 2 aliphatic heterocycles. The predicted molar refractivity (Wildman–Crippen MR) is 119 cm³/mol. The third-order valence-electron chi connectivity index (χ3n) is 5.57. The smallest absolute Gasteiger partial charge is 0.262 e. The first kappa shape index (κ1) is 21.5. The first-order valence-electron chi connectivity index (χ1n) is 10.6. The number of imide groups is 1. The molecule has 0 saturated carbocycles. The summed E-state index contributed by atoms with van der Waals surface area (Å²) in [6.07, 6.45) is 0.792. The standard InChI is InChI=1S/C24H25N3O5/c1-4-11-26-18-10-9-15(12-19(18)32-14-24(2,3)23(26)31)25-20(28)13-27-21(29)16-7-5-6-8-17(16)22(27)30/h5-10,12H,4,11,13-14H2,1-3H3,(H,25,28). The molecule has 0 bridgehead atoms. The molecule has 2 aromatic rings. The molecule has 0 saturated heterocycles. The number of amides is 4. The van der Waals surface area contributed by atoms with Gasteiger partial charge in [-0.2, -0.15) is 0 Å². The summed E-state index contributed by atoms with van der Waals surface area (Å²) >= 11 is 0. The maximum Gasteiger partial charge on any atom is 0.262 e. The van der Waals surface area contributed by atoms with Crippen molar-refractivity contribution in [2.24, 2.45) is 5.41 Å². The Balaban J connectivity index is 1.51. The van der Waals surface area contributed by atoms with Crippen molar-refractivity contribution in [3.8, 4) is 5.75 Å². The van der Waals surface area contributed by atoms with Gasteiger partial charge in [0.1, 0.15) is 18.9 Å². The highest BCUT2D eigenvalue weighted by Crippen LogP contribution is 2.38. The van der Waals surface area contributed by atoms with E-state index in [4.69, 9.17) is 4.74 Å². The molecule has 8 nitrogen and oxygen atoms in total. The molecule has 0 atom stereocenters. The summed E-state index contributed by atoms with van der Waals surface area (Å²) in [6.45, 7) is 6.07. The lowest BCUT2D eigenvalue weighted by Gasteiger charge is -2.27. The fraction of sp³-hybridized carbons (Fsp3) is 0.333. The second kappa shape index (κ2) is 8.11. The number of anilines is 2.